The van der Waals surface area contributed by atoms with Crippen LogP contribution in [0.15, 0.2) is 48.5 Å². The number of ether oxygens (including phenoxy) is 2. The second kappa shape index (κ2) is 9.39. The first-order valence-corrected chi connectivity index (χ1v) is 10.7. The first-order chi connectivity index (χ1) is 14.7. The number of rotatable bonds is 6. The number of hydrogen-bond donors (Lipinski definition) is 0. The van der Waals surface area contributed by atoms with Crippen molar-refractivity contribution in [1.29, 1.82) is 0 Å². The Morgan fingerprint density at radius 3 is 2.43 bits per heavy atom. The average molecular weight is 410 g/mol. The Hall–Kier alpha value is -2.73. The van der Waals surface area contributed by atoms with E-state index in [1.165, 1.54) is 5.69 Å². The Labute approximate surface area is 179 Å². The quantitative estimate of drug-likeness (QED) is 0.733. The topological polar surface area (TPSA) is 45.3 Å². The van der Waals surface area contributed by atoms with Gasteiger partial charge in [0.15, 0.2) is 0 Å². The molecule has 2 aliphatic rings. The Morgan fingerprint density at radius 2 is 1.73 bits per heavy atom. The Morgan fingerprint density at radius 1 is 0.967 bits per heavy atom. The predicted octanol–water partition coefficient (Wildman–Crippen LogP) is 3.19. The molecule has 0 aliphatic carbocycles. The number of piperazine rings is 1. The molecular formula is C24H31N3O3. The lowest BCUT2D eigenvalue weighted by molar-refractivity contribution is -0.133. The van der Waals surface area contributed by atoms with Crippen molar-refractivity contribution in [3.8, 4) is 11.5 Å². The van der Waals surface area contributed by atoms with E-state index >= 15 is 0 Å². The standard InChI is InChI=1S/C24H31N3O3/c1-29-20-10-11-23(30-2)21(17-20)22-9-6-12-27(22)18-24(28)26-15-13-25(14-16-26)19-7-4-3-5-8-19/h3-5,7-8,10-11,17,22H,6,9,12-16,18H2,1-2H3/t22-/m1/s1. The van der Waals surface area contributed by atoms with Crippen molar-refractivity contribution >= 4 is 11.6 Å². The molecule has 0 N–H and O–H groups in total. The minimum absolute atomic E-state index is 0.185. The normalized spacial score (nSPS) is 19.7. The molecule has 2 aromatic rings. The summed E-state index contributed by atoms with van der Waals surface area (Å²) in [6, 6.07) is 16.5. The SMILES string of the molecule is COc1ccc(OC)c([C@H]2CCCN2CC(=O)N2CCN(c3ccccc3)CC2)c1. The van der Waals surface area contributed by atoms with Crippen LogP contribution in [0.25, 0.3) is 0 Å². The van der Waals surface area contributed by atoms with Gasteiger partial charge in [-0.2, -0.15) is 0 Å². The van der Waals surface area contributed by atoms with Crippen molar-refractivity contribution in [2.24, 2.45) is 0 Å². The van der Waals surface area contributed by atoms with Gasteiger partial charge in [0.1, 0.15) is 11.5 Å². The fourth-order valence-corrected chi connectivity index (χ4v) is 4.59. The summed E-state index contributed by atoms with van der Waals surface area (Å²) in [6.45, 7) is 4.69. The maximum Gasteiger partial charge on any atom is 0.236 e. The minimum atomic E-state index is 0.185. The third kappa shape index (κ3) is 4.38. The number of likely N-dealkylation sites (tertiary alicyclic amines) is 1. The molecule has 0 bridgehead atoms. The van der Waals surface area contributed by atoms with Crippen LogP contribution in [-0.2, 0) is 4.79 Å². The maximum atomic E-state index is 13.1. The Kier molecular flexibility index (Phi) is 6.43. The molecule has 0 spiro atoms. The van der Waals surface area contributed by atoms with E-state index in [4.69, 9.17) is 9.47 Å². The van der Waals surface area contributed by atoms with Gasteiger partial charge in [0.25, 0.3) is 0 Å². The zero-order valence-corrected chi connectivity index (χ0v) is 17.9. The number of benzene rings is 2. The molecule has 6 nitrogen and oxygen atoms in total. The number of anilines is 1. The van der Waals surface area contributed by atoms with E-state index in [1.54, 1.807) is 14.2 Å². The summed E-state index contributed by atoms with van der Waals surface area (Å²) in [7, 11) is 3.37. The first-order valence-electron chi connectivity index (χ1n) is 10.7. The molecule has 2 aliphatic heterocycles. The van der Waals surface area contributed by atoms with Crippen molar-refractivity contribution in [3.63, 3.8) is 0 Å². The van der Waals surface area contributed by atoms with Crippen LogP contribution in [0, 0.1) is 0 Å². The second-order valence-corrected chi connectivity index (χ2v) is 7.94. The van der Waals surface area contributed by atoms with Crippen molar-refractivity contribution in [1.82, 2.24) is 9.80 Å². The highest BCUT2D eigenvalue weighted by Crippen LogP contribution is 2.38. The van der Waals surface area contributed by atoms with Gasteiger partial charge in [-0.1, -0.05) is 18.2 Å². The summed E-state index contributed by atoms with van der Waals surface area (Å²) in [6.07, 6.45) is 2.11. The van der Waals surface area contributed by atoms with Crippen LogP contribution in [0.3, 0.4) is 0 Å². The first kappa shape index (κ1) is 20.5. The molecule has 4 rings (SSSR count). The van der Waals surface area contributed by atoms with E-state index < -0.39 is 0 Å². The van der Waals surface area contributed by atoms with Crippen LogP contribution < -0.4 is 14.4 Å². The summed E-state index contributed by atoms with van der Waals surface area (Å²) >= 11 is 0. The summed E-state index contributed by atoms with van der Waals surface area (Å²) in [5, 5.41) is 0. The van der Waals surface area contributed by atoms with Gasteiger partial charge in [0.2, 0.25) is 5.91 Å². The highest BCUT2D eigenvalue weighted by atomic mass is 16.5. The van der Waals surface area contributed by atoms with E-state index in [1.807, 2.05) is 29.2 Å². The average Bonchev–Trinajstić information content (AvgIpc) is 3.27. The zero-order valence-electron chi connectivity index (χ0n) is 17.9. The minimum Gasteiger partial charge on any atom is -0.497 e. The molecule has 2 saturated heterocycles. The molecule has 160 valence electrons. The molecule has 0 unspecified atom stereocenters. The van der Waals surface area contributed by atoms with E-state index in [2.05, 4.69) is 34.1 Å². The van der Waals surface area contributed by atoms with Crippen LogP contribution >= 0.6 is 0 Å². The largest absolute Gasteiger partial charge is 0.497 e. The van der Waals surface area contributed by atoms with Gasteiger partial charge in [-0.05, 0) is 49.7 Å². The third-order valence-electron chi connectivity index (χ3n) is 6.25. The summed E-state index contributed by atoms with van der Waals surface area (Å²) in [5.74, 6) is 1.90. The van der Waals surface area contributed by atoms with E-state index in [-0.39, 0.29) is 11.9 Å². The highest BCUT2D eigenvalue weighted by Gasteiger charge is 2.32. The zero-order chi connectivity index (χ0) is 20.9. The number of para-hydroxylation sites is 1. The van der Waals surface area contributed by atoms with Crippen molar-refractivity contribution in [3.05, 3.63) is 54.1 Å². The van der Waals surface area contributed by atoms with Gasteiger partial charge in [0.05, 0.1) is 20.8 Å². The molecule has 2 aromatic carbocycles. The number of carbonyl (C=O) groups excluding carboxylic acids is 1. The molecule has 0 saturated carbocycles. The van der Waals surface area contributed by atoms with E-state index in [0.29, 0.717) is 6.54 Å². The van der Waals surface area contributed by atoms with Crippen LogP contribution in [0.1, 0.15) is 24.4 Å². The maximum absolute atomic E-state index is 13.1. The smallest absolute Gasteiger partial charge is 0.236 e. The molecule has 2 heterocycles. The van der Waals surface area contributed by atoms with Gasteiger partial charge in [-0.3, -0.25) is 9.69 Å². The predicted molar refractivity (Wildman–Crippen MR) is 118 cm³/mol. The highest BCUT2D eigenvalue weighted by molar-refractivity contribution is 5.78. The lowest BCUT2D eigenvalue weighted by Gasteiger charge is -2.37. The van der Waals surface area contributed by atoms with Crippen LogP contribution in [0.4, 0.5) is 5.69 Å². The molecule has 6 heteroatoms. The lowest BCUT2D eigenvalue weighted by atomic mass is 10.0. The molecule has 2 fully saturated rings. The fourth-order valence-electron chi connectivity index (χ4n) is 4.59. The summed E-state index contributed by atoms with van der Waals surface area (Å²) in [4.78, 5) is 19.7. The molecule has 1 amide bonds. The lowest BCUT2D eigenvalue weighted by Crippen LogP contribution is -2.51. The number of nitrogens with zero attached hydrogens (tertiary/aromatic N) is 3. The van der Waals surface area contributed by atoms with E-state index in [9.17, 15) is 4.79 Å². The molecule has 30 heavy (non-hydrogen) atoms. The van der Waals surface area contributed by atoms with Gasteiger partial charge in [-0.25, -0.2) is 0 Å². The monoisotopic (exact) mass is 409 g/mol. The van der Waals surface area contributed by atoms with Crippen molar-refractivity contribution < 1.29 is 14.3 Å². The summed E-state index contributed by atoms with van der Waals surface area (Å²) < 4.78 is 11.0. The molecular weight excluding hydrogens is 378 g/mol. The number of amides is 1. The van der Waals surface area contributed by atoms with Crippen LogP contribution in [0.5, 0.6) is 11.5 Å². The number of methoxy groups -OCH3 is 2. The molecule has 0 aromatic heterocycles. The number of hydrogen-bond acceptors (Lipinski definition) is 5. The van der Waals surface area contributed by atoms with Crippen molar-refractivity contribution in [2.45, 2.75) is 18.9 Å². The Balaban J connectivity index is 1.39. The van der Waals surface area contributed by atoms with Gasteiger partial charge in [0, 0.05) is 43.5 Å². The van der Waals surface area contributed by atoms with Crippen LogP contribution in [-0.4, -0.2) is 69.2 Å². The van der Waals surface area contributed by atoms with Gasteiger partial charge < -0.3 is 19.3 Å². The van der Waals surface area contributed by atoms with Crippen molar-refractivity contribution in [2.75, 3.05) is 58.4 Å². The fraction of sp³-hybridized carbons (Fsp3) is 0.458. The molecule has 1 atom stereocenters. The van der Waals surface area contributed by atoms with Crippen LogP contribution in [0.2, 0.25) is 0 Å². The van der Waals surface area contributed by atoms with Gasteiger partial charge in [-0.15, -0.1) is 0 Å². The third-order valence-corrected chi connectivity index (χ3v) is 6.25. The Bertz CT molecular complexity index is 850. The summed E-state index contributed by atoms with van der Waals surface area (Å²) in [5.41, 5.74) is 2.34. The molecule has 0 radical (unpaired) electrons. The van der Waals surface area contributed by atoms with Gasteiger partial charge >= 0.3 is 0 Å². The second-order valence-electron chi connectivity index (χ2n) is 7.94. The number of carbonyl (C=O) groups is 1. The van der Waals surface area contributed by atoms with E-state index in [0.717, 1.165) is 62.6 Å².